The van der Waals surface area contributed by atoms with Gasteiger partial charge in [0.05, 0.1) is 16.8 Å². The molecule has 8 heteroatoms. The minimum Gasteiger partial charge on any atom is -0.240 e. The molecule has 0 saturated heterocycles. The van der Waals surface area contributed by atoms with Crippen LogP contribution in [0.5, 0.6) is 0 Å². The van der Waals surface area contributed by atoms with Crippen molar-refractivity contribution in [3.63, 3.8) is 0 Å². The SMILES string of the molecule is FC(F)(F)c1cc(-n2cc[c]n2)cc(C(F)(F)F)c1. The van der Waals surface area contributed by atoms with Gasteiger partial charge in [-0.25, -0.2) is 4.68 Å². The highest BCUT2D eigenvalue weighted by molar-refractivity contribution is 5.41. The van der Waals surface area contributed by atoms with E-state index in [0.29, 0.717) is 12.1 Å². The number of aromatic nitrogens is 2. The lowest BCUT2D eigenvalue weighted by Crippen LogP contribution is -2.12. The smallest absolute Gasteiger partial charge is 0.240 e. The number of hydrogen-bond donors (Lipinski definition) is 0. The van der Waals surface area contributed by atoms with E-state index < -0.39 is 23.5 Å². The van der Waals surface area contributed by atoms with Crippen LogP contribution in [0.3, 0.4) is 0 Å². The van der Waals surface area contributed by atoms with Crippen LogP contribution in [0, 0.1) is 6.20 Å². The highest BCUT2D eigenvalue weighted by atomic mass is 19.4. The predicted octanol–water partition coefficient (Wildman–Crippen LogP) is 3.71. The zero-order chi connectivity index (χ0) is 14.3. The van der Waals surface area contributed by atoms with Crippen LogP contribution in [0.25, 0.3) is 5.69 Å². The number of benzene rings is 1. The van der Waals surface area contributed by atoms with Crippen LogP contribution < -0.4 is 0 Å². The molecule has 0 atom stereocenters. The van der Waals surface area contributed by atoms with Crippen LogP contribution in [0.4, 0.5) is 26.3 Å². The molecule has 0 aliphatic rings. The third kappa shape index (κ3) is 2.88. The van der Waals surface area contributed by atoms with Crippen molar-refractivity contribution >= 4 is 0 Å². The zero-order valence-corrected chi connectivity index (χ0v) is 9.05. The molecule has 0 fully saturated rings. The van der Waals surface area contributed by atoms with E-state index in [4.69, 9.17) is 0 Å². The Morgan fingerprint density at radius 2 is 1.42 bits per heavy atom. The summed E-state index contributed by atoms with van der Waals surface area (Å²) in [5.74, 6) is 0. The molecule has 1 aromatic carbocycles. The van der Waals surface area contributed by atoms with Crippen molar-refractivity contribution in [2.75, 3.05) is 0 Å². The Bertz CT molecular complexity index is 536. The number of halogens is 6. The van der Waals surface area contributed by atoms with E-state index in [0.717, 1.165) is 4.68 Å². The molecule has 19 heavy (non-hydrogen) atoms. The van der Waals surface area contributed by atoms with Crippen molar-refractivity contribution in [1.29, 1.82) is 0 Å². The summed E-state index contributed by atoms with van der Waals surface area (Å²) in [6.45, 7) is 0. The topological polar surface area (TPSA) is 17.8 Å². The van der Waals surface area contributed by atoms with E-state index in [-0.39, 0.29) is 11.8 Å². The van der Waals surface area contributed by atoms with Gasteiger partial charge in [0.1, 0.15) is 6.20 Å². The van der Waals surface area contributed by atoms with Crippen molar-refractivity contribution in [3.8, 4) is 5.69 Å². The van der Waals surface area contributed by atoms with Crippen LogP contribution >= 0.6 is 0 Å². The van der Waals surface area contributed by atoms with Crippen molar-refractivity contribution in [2.24, 2.45) is 0 Å². The maximum Gasteiger partial charge on any atom is 0.416 e. The monoisotopic (exact) mass is 279 g/mol. The Morgan fingerprint density at radius 1 is 0.895 bits per heavy atom. The first-order valence-corrected chi connectivity index (χ1v) is 4.89. The average Bonchev–Trinajstić information content (AvgIpc) is 2.79. The highest BCUT2D eigenvalue weighted by Crippen LogP contribution is 2.36. The number of hydrogen-bond acceptors (Lipinski definition) is 1. The molecule has 0 amide bonds. The summed E-state index contributed by atoms with van der Waals surface area (Å²) in [6.07, 6.45) is -6.24. The van der Waals surface area contributed by atoms with E-state index in [1.54, 1.807) is 0 Å². The molecule has 0 unspecified atom stereocenters. The Kier molecular flexibility index (Phi) is 3.03. The number of rotatable bonds is 1. The van der Waals surface area contributed by atoms with E-state index in [1.807, 2.05) is 0 Å². The number of nitrogens with zero attached hydrogens (tertiary/aromatic N) is 2. The molecular weight excluding hydrogens is 274 g/mol. The molecule has 1 radical (unpaired) electrons. The first kappa shape index (κ1) is 13.4. The maximum absolute atomic E-state index is 12.6. The minimum absolute atomic E-state index is 0.0662. The summed E-state index contributed by atoms with van der Waals surface area (Å²) < 4.78 is 76.3. The van der Waals surface area contributed by atoms with Crippen molar-refractivity contribution in [2.45, 2.75) is 12.4 Å². The van der Waals surface area contributed by atoms with Gasteiger partial charge in [0.25, 0.3) is 0 Å². The van der Waals surface area contributed by atoms with Crippen LogP contribution in [-0.4, -0.2) is 9.78 Å². The highest BCUT2D eigenvalue weighted by Gasteiger charge is 2.37. The Morgan fingerprint density at radius 3 is 1.79 bits per heavy atom. The zero-order valence-electron chi connectivity index (χ0n) is 9.05. The first-order chi connectivity index (χ1) is 8.68. The summed E-state index contributed by atoms with van der Waals surface area (Å²) in [6, 6.07) is 2.52. The summed E-state index contributed by atoms with van der Waals surface area (Å²) in [7, 11) is 0. The molecule has 0 saturated carbocycles. The van der Waals surface area contributed by atoms with E-state index >= 15 is 0 Å². The molecule has 2 nitrogen and oxygen atoms in total. The van der Waals surface area contributed by atoms with Crippen LogP contribution in [0.15, 0.2) is 30.5 Å². The third-order valence-corrected chi connectivity index (χ3v) is 2.29. The molecule has 2 rings (SSSR count). The molecule has 1 heterocycles. The van der Waals surface area contributed by atoms with Gasteiger partial charge in [0, 0.05) is 6.20 Å². The number of alkyl halides is 6. The Balaban J connectivity index is 2.62. The van der Waals surface area contributed by atoms with Crippen LogP contribution in [-0.2, 0) is 12.4 Å². The normalized spacial score (nSPS) is 12.7. The van der Waals surface area contributed by atoms with Gasteiger partial charge in [-0.05, 0) is 24.3 Å². The predicted molar refractivity (Wildman–Crippen MR) is 52.4 cm³/mol. The molecule has 0 aliphatic carbocycles. The molecule has 0 spiro atoms. The van der Waals surface area contributed by atoms with Crippen molar-refractivity contribution < 1.29 is 26.3 Å². The third-order valence-electron chi connectivity index (χ3n) is 2.29. The van der Waals surface area contributed by atoms with Gasteiger partial charge in [-0.3, -0.25) is 0 Å². The van der Waals surface area contributed by atoms with Gasteiger partial charge >= 0.3 is 12.4 Å². The lowest BCUT2D eigenvalue weighted by Gasteiger charge is -2.14. The van der Waals surface area contributed by atoms with Gasteiger partial charge < -0.3 is 0 Å². The second-order valence-corrected chi connectivity index (χ2v) is 3.65. The van der Waals surface area contributed by atoms with Crippen LogP contribution in [0.2, 0.25) is 0 Å². The fraction of sp³-hybridized carbons (Fsp3) is 0.182. The van der Waals surface area contributed by atoms with Gasteiger partial charge in [-0.15, -0.1) is 0 Å². The average molecular weight is 279 g/mol. The second kappa shape index (κ2) is 4.29. The Hall–Kier alpha value is -1.99. The summed E-state index contributed by atoms with van der Waals surface area (Å²) >= 11 is 0. The molecular formula is C11H5F6N2. The van der Waals surface area contributed by atoms with E-state index in [1.165, 1.54) is 12.3 Å². The largest absolute Gasteiger partial charge is 0.416 e. The fourth-order valence-corrected chi connectivity index (χ4v) is 1.45. The molecule has 2 aromatic rings. The Labute approximate surface area is 103 Å². The lowest BCUT2D eigenvalue weighted by atomic mass is 10.1. The summed E-state index contributed by atoms with van der Waals surface area (Å²) in [4.78, 5) is 0. The van der Waals surface area contributed by atoms with E-state index in [2.05, 4.69) is 11.3 Å². The first-order valence-electron chi connectivity index (χ1n) is 4.89. The van der Waals surface area contributed by atoms with Crippen molar-refractivity contribution in [3.05, 3.63) is 47.8 Å². The van der Waals surface area contributed by atoms with Gasteiger partial charge in [0.2, 0.25) is 0 Å². The van der Waals surface area contributed by atoms with Gasteiger partial charge in [-0.1, -0.05) is 0 Å². The standard InChI is InChI=1S/C11H5F6N2/c12-10(13,14)7-4-8(11(15,16)17)6-9(5-7)19-3-1-2-18-19/h1,3-6H. The summed E-state index contributed by atoms with van der Waals surface area (Å²) in [5.41, 5.74) is -3.09. The molecule has 1 aromatic heterocycles. The van der Waals surface area contributed by atoms with Crippen LogP contribution in [0.1, 0.15) is 11.1 Å². The minimum atomic E-state index is -4.87. The second-order valence-electron chi connectivity index (χ2n) is 3.65. The van der Waals surface area contributed by atoms with E-state index in [9.17, 15) is 26.3 Å². The quantitative estimate of drug-likeness (QED) is 0.728. The van der Waals surface area contributed by atoms with Crippen molar-refractivity contribution in [1.82, 2.24) is 9.78 Å². The molecule has 101 valence electrons. The van der Waals surface area contributed by atoms with Gasteiger partial charge in [0.15, 0.2) is 0 Å². The van der Waals surface area contributed by atoms with Gasteiger partial charge in [-0.2, -0.15) is 31.4 Å². The fourth-order valence-electron chi connectivity index (χ4n) is 1.45. The summed E-state index contributed by atoms with van der Waals surface area (Å²) in [5, 5.41) is 3.49. The maximum atomic E-state index is 12.6. The molecule has 0 N–H and O–H groups in total. The molecule has 0 aliphatic heterocycles. The molecule has 0 bridgehead atoms. The lowest BCUT2D eigenvalue weighted by molar-refractivity contribution is -0.143.